The molecule has 0 bridgehead atoms. The highest BCUT2D eigenvalue weighted by Crippen LogP contribution is 2.58. The summed E-state index contributed by atoms with van der Waals surface area (Å²) in [7, 11) is 0. The van der Waals surface area contributed by atoms with Crippen molar-refractivity contribution in [3.8, 4) is 67.3 Å². The summed E-state index contributed by atoms with van der Waals surface area (Å²) in [6, 6.07) is 71.2. The van der Waals surface area contributed by atoms with Crippen LogP contribution in [0.3, 0.4) is 0 Å². The van der Waals surface area contributed by atoms with E-state index in [4.69, 9.17) is 9.97 Å². The van der Waals surface area contributed by atoms with E-state index in [-0.39, 0.29) is 0 Å². The predicted molar refractivity (Wildman–Crippen MR) is 224 cm³/mol. The predicted octanol–water partition coefficient (Wildman–Crippen LogP) is 12.6. The highest BCUT2D eigenvalue weighted by Gasteiger charge is 2.46. The number of hydrogen-bond donors (Lipinski definition) is 0. The van der Waals surface area contributed by atoms with Crippen molar-refractivity contribution in [2.45, 2.75) is 5.41 Å². The van der Waals surface area contributed by atoms with Gasteiger partial charge in [0.15, 0.2) is 5.82 Å². The van der Waals surface area contributed by atoms with Crippen molar-refractivity contribution in [1.82, 2.24) is 15.0 Å². The molecule has 2 aromatic heterocycles. The molecule has 3 heteroatoms. The molecule has 0 spiro atoms. The molecule has 0 fully saturated rings. The van der Waals surface area contributed by atoms with Gasteiger partial charge in [-0.3, -0.25) is 4.98 Å². The van der Waals surface area contributed by atoms with Crippen LogP contribution < -0.4 is 0 Å². The van der Waals surface area contributed by atoms with Gasteiger partial charge in [0, 0.05) is 29.1 Å². The van der Waals surface area contributed by atoms with Gasteiger partial charge in [0.05, 0.1) is 16.8 Å². The first-order chi connectivity index (χ1) is 27.3. The third-order valence-corrected chi connectivity index (χ3v) is 10.9. The molecule has 55 heavy (non-hydrogen) atoms. The van der Waals surface area contributed by atoms with Gasteiger partial charge < -0.3 is 0 Å². The van der Waals surface area contributed by atoms with E-state index in [1.54, 1.807) is 0 Å². The molecule has 1 atom stereocenters. The average Bonchev–Trinajstić information content (AvgIpc) is 3.59. The third kappa shape index (κ3) is 5.57. The van der Waals surface area contributed by atoms with E-state index in [1.807, 2.05) is 36.7 Å². The van der Waals surface area contributed by atoms with E-state index < -0.39 is 5.41 Å². The second-order valence-corrected chi connectivity index (χ2v) is 14.0. The third-order valence-electron chi connectivity index (χ3n) is 10.9. The molecule has 7 aromatic carbocycles. The Morgan fingerprint density at radius 3 is 1.58 bits per heavy atom. The Hall–Kier alpha value is -7.23. The molecule has 1 aliphatic rings. The number of fused-ring (bicyclic) bond motifs is 3. The monoisotopic (exact) mass is 701 g/mol. The summed E-state index contributed by atoms with van der Waals surface area (Å²) in [5.41, 5.74) is 16.5. The summed E-state index contributed by atoms with van der Waals surface area (Å²) < 4.78 is 0. The van der Waals surface area contributed by atoms with Gasteiger partial charge in [-0.15, -0.1) is 0 Å². The molecule has 0 amide bonds. The zero-order valence-electron chi connectivity index (χ0n) is 30.0. The minimum Gasteiger partial charge on any atom is -0.265 e. The molecule has 258 valence electrons. The summed E-state index contributed by atoms with van der Waals surface area (Å²) >= 11 is 0. The van der Waals surface area contributed by atoms with Crippen molar-refractivity contribution in [3.05, 3.63) is 235 Å². The Kier molecular flexibility index (Phi) is 8.04. The Morgan fingerprint density at radius 2 is 0.836 bits per heavy atom. The molecule has 0 saturated carbocycles. The molecule has 9 aromatic rings. The van der Waals surface area contributed by atoms with Crippen LogP contribution in [0, 0.1) is 0 Å². The van der Waals surface area contributed by atoms with Crippen molar-refractivity contribution < 1.29 is 0 Å². The number of nitrogens with zero attached hydrogens (tertiary/aromatic N) is 3. The molecule has 0 saturated heterocycles. The summed E-state index contributed by atoms with van der Waals surface area (Å²) in [4.78, 5) is 14.7. The van der Waals surface area contributed by atoms with Crippen LogP contribution in [0.2, 0.25) is 0 Å². The fourth-order valence-corrected chi connectivity index (χ4v) is 8.42. The van der Waals surface area contributed by atoms with Gasteiger partial charge in [-0.2, -0.15) is 0 Å². The number of aromatic nitrogens is 3. The fourth-order valence-electron chi connectivity index (χ4n) is 8.42. The highest BCUT2D eigenvalue weighted by molar-refractivity contribution is 5.96. The zero-order chi connectivity index (χ0) is 36.6. The van der Waals surface area contributed by atoms with Crippen LogP contribution in [0.15, 0.2) is 213 Å². The molecular formula is C52H35N3. The highest BCUT2D eigenvalue weighted by atomic mass is 14.9. The second kappa shape index (κ2) is 13.6. The van der Waals surface area contributed by atoms with Crippen LogP contribution in [0.4, 0.5) is 0 Å². The summed E-state index contributed by atoms with van der Waals surface area (Å²) in [5.74, 6) is 0.699. The normalized spacial score (nSPS) is 14.3. The van der Waals surface area contributed by atoms with Crippen LogP contribution in [-0.2, 0) is 5.41 Å². The topological polar surface area (TPSA) is 38.7 Å². The standard InChI is InChI=1S/C52H35N3/c1-4-14-36(15-5-1)37-26-28-38(29-27-37)48-35-49(55-51(54-48)39-16-6-2-7-17-39)41-19-12-18-40(34-41)44-23-13-25-47-50(44)45-22-10-11-24-46(45)52(47,42-20-8-3-9-21-42)43-30-32-53-33-31-43/h1-35H. The average molecular weight is 702 g/mol. The number of pyridine rings is 1. The summed E-state index contributed by atoms with van der Waals surface area (Å²) in [6.45, 7) is 0. The Morgan fingerprint density at radius 1 is 0.327 bits per heavy atom. The zero-order valence-corrected chi connectivity index (χ0v) is 30.0. The molecule has 2 heterocycles. The number of benzene rings is 7. The Bertz CT molecular complexity index is 2740. The van der Waals surface area contributed by atoms with Crippen LogP contribution in [0.5, 0.6) is 0 Å². The minimum absolute atomic E-state index is 0.494. The molecule has 0 radical (unpaired) electrons. The maximum Gasteiger partial charge on any atom is 0.160 e. The first-order valence-electron chi connectivity index (χ1n) is 18.7. The molecular weight excluding hydrogens is 667 g/mol. The molecule has 3 nitrogen and oxygen atoms in total. The first kappa shape index (κ1) is 32.4. The van der Waals surface area contributed by atoms with E-state index in [9.17, 15) is 0 Å². The van der Waals surface area contributed by atoms with Gasteiger partial charge in [-0.25, -0.2) is 9.97 Å². The lowest BCUT2D eigenvalue weighted by atomic mass is 9.68. The van der Waals surface area contributed by atoms with Gasteiger partial charge in [-0.05, 0) is 79.9 Å². The lowest BCUT2D eigenvalue weighted by molar-refractivity contribution is 0.766. The van der Waals surface area contributed by atoms with E-state index in [0.717, 1.165) is 33.6 Å². The lowest BCUT2D eigenvalue weighted by Crippen LogP contribution is -2.28. The minimum atomic E-state index is -0.494. The van der Waals surface area contributed by atoms with Crippen molar-refractivity contribution in [1.29, 1.82) is 0 Å². The van der Waals surface area contributed by atoms with E-state index in [1.165, 1.54) is 50.1 Å². The van der Waals surface area contributed by atoms with Crippen LogP contribution in [0.1, 0.15) is 22.3 Å². The SMILES string of the molecule is c1ccc(-c2ccc(-c3cc(-c4cccc(-c5cccc6c5-c5ccccc5C6(c5ccccc5)c5ccncc5)c4)nc(-c4ccccc4)n3)cc2)cc1. The summed E-state index contributed by atoms with van der Waals surface area (Å²) in [5, 5.41) is 0. The fraction of sp³-hybridized carbons (Fsp3) is 0.0192. The second-order valence-electron chi connectivity index (χ2n) is 14.0. The van der Waals surface area contributed by atoms with Crippen LogP contribution in [0.25, 0.3) is 67.3 Å². The maximum atomic E-state index is 5.19. The van der Waals surface area contributed by atoms with Crippen LogP contribution in [-0.4, -0.2) is 15.0 Å². The smallest absolute Gasteiger partial charge is 0.160 e. The largest absolute Gasteiger partial charge is 0.265 e. The number of hydrogen-bond acceptors (Lipinski definition) is 3. The van der Waals surface area contributed by atoms with Gasteiger partial charge in [0.25, 0.3) is 0 Å². The van der Waals surface area contributed by atoms with Crippen LogP contribution >= 0.6 is 0 Å². The van der Waals surface area contributed by atoms with E-state index in [0.29, 0.717) is 5.82 Å². The van der Waals surface area contributed by atoms with Gasteiger partial charge >= 0.3 is 0 Å². The van der Waals surface area contributed by atoms with Gasteiger partial charge in [0.1, 0.15) is 0 Å². The van der Waals surface area contributed by atoms with Gasteiger partial charge in [-0.1, -0.05) is 176 Å². The van der Waals surface area contributed by atoms with Crippen molar-refractivity contribution >= 4 is 0 Å². The lowest BCUT2D eigenvalue weighted by Gasteiger charge is -2.33. The van der Waals surface area contributed by atoms with Crippen molar-refractivity contribution in [2.75, 3.05) is 0 Å². The quantitative estimate of drug-likeness (QED) is 0.166. The number of rotatable bonds is 7. The van der Waals surface area contributed by atoms with Crippen molar-refractivity contribution in [2.24, 2.45) is 0 Å². The maximum absolute atomic E-state index is 5.19. The Balaban J connectivity index is 1.13. The van der Waals surface area contributed by atoms with Gasteiger partial charge in [0.2, 0.25) is 0 Å². The van der Waals surface area contributed by atoms with Crippen molar-refractivity contribution in [3.63, 3.8) is 0 Å². The molecule has 1 aliphatic carbocycles. The molecule has 0 N–H and O–H groups in total. The van der Waals surface area contributed by atoms with E-state index >= 15 is 0 Å². The summed E-state index contributed by atoms with van der Waals surface area (Å²) in [6.07, 6.45) is 3.82. The molecule has 10 rings (SSSR count). The van der Waals surface area contributed by atoms with E-state index in [2.05, 4.69) is 181 Å². The first-order valence-corrected chi connectivity index (χ1v) is 18.7. The molecule has 1 unspecified atom stereocenters. The Labute approximate surface area is 321 Å². The molecule has 0 aliphatic heterocycles.